The predicted molar refractivity (Wildman–Crippen MR) is 85.0 cm³/mol. The van der Waals surface area contributed by atoms with Crippen molar-refractivity contribution in [1.29, 1.82) is 0 Å². The predicted octanol–water partition coefficient (Wildman–Crippen LogP) is 3.21. The van der Waals surface area contributed by atoms with E-state index >= 15 is 0 Å². The number of benzene rings is 1. The number of rotatable bonds is 6. The Morgan fingerprint density at radius 2 is 2.19 bits per heavy atom. The fraction of sp³-hybridized carbons (Fsp3) is 0.333. The van der Waals surface area contributed by atoms with Crippen molar-refractivity contribution in [3.63, 3.8) is 0 Å². The zero-order valence-electron chi connectivity index (χ0n) is 12.1. The summed E-state index contributed by atoms with van der Waals surface area (Å²) in [5.41, 5.74) is 1.20. The lowest BCUT2D eigenvalue weighted by Gasteiger charge is -2.17. The molecule has 1 N–H and O–H groups in total. The molecule has 0 aliphatic rings. The molecule has 112 valence electrons. The van der Waals surface area contributed by atoms with E-state index in [1.807, 2.05) is 25.2 Å². The van der Waals surface area contributed by atoms with Crippen LogP contribution in [0.4, 0.5) is 5.82 Å². The Bertz CT molecular complexity index is 612. The van der Waals surface area contributed by atoms with Crippen molar-refractivity contribution in [3.8, 4) is 0 Å². The van der Waals surface area contributed by atoms with Crippen LogP contribution in [0.5, 0.6) is 0 Å². The Kier molecular flexibility index (Phi) is 5.52. The number of carbonyl (C=O) groups excluding carboxylic acids is 1. The Balaban J connectivity index is 1.77. The number of nitrogens with one attached hydrogen (secondary N) is 1. The molecule has 0 bridgehead atoms. The Hall–Kier alpha value is -1.66. The highest BCUT2D eigenvalue weighted by Crippen LogP contribution is 2.17. The second-order valence-corrected chi connectivity index (χ2v) is 5.80. The van der Waals surface area contributed by atoms with Gasteiger partial charge >= 0.3 is 0 Å². The first-order valence-electron chi connectivity index (χ1n) is 6.69. The Morgan fingerprint density at radius 3 is 2.86 bits per heavy atom. The van der Waals surface area contributed by atoms with Crippen LogP contribution in [0.25, 0.3) is 0 Å². The highest BCUT2D eigenvalue weighted by molar-refractivity contribution is 9.10. The van der Waals surface area contributed by atoms with E-state index in [2.05, 4.69) is 37.4 Å². The number of aryl methyl sites for hydroxylation is 1. The lowest BCUT2D eigenvalue weighted by Crippen LogP contribution is -2.24. The zero-order chi connectivity index (χ0) is 15.2. The molecule has 0 radical (unpaired) electrons. The maximum atomic E-state index is 11.8. The van der Waals surface area contributed by atoms with Crippen molar-refractivity contribution in [2.75, 3.05) is 18.9 Å². The van der Waals surface area contributed by atoms with Gasteiger partial charge in [0.1, 0.15) is 5.76 Å². The maximum Gasteiger partial charge on any atom is 0.226 e. The molecule has 0 unspecified atom stereocenters. The van der Waals surface area contributed by atoms with Crippen LogP contribution in [0.15, 0.2) is 39.3 Å². The van der Waals surface area contributed by atoms with E-state index in [1.54, 1.807) is 13.0 Å². The Labute approximate surface area is 132 Å². The van der Waals surface area contributed by atoms with Gasteiger partial charge in [0.2, 0.25) is 5.91 Å². The third kappa shape index (κ3) is 4.99. The summed E-state index contributed by atoms with van der Waals surface area (Å²) in [4.78, 5) is 13.9. The maximum absolute atomic E-state index is 11.8. The molecular formula is C15H18BrN3O2. The standard InChI is InChI=1S/C15H18BrN3O2/c1-11-9-14(18-21-11)17-15(20)7-8-19(2)10-12-5-3-4-6-13(12)16/h3-6,9H,7-8,10H2,1-2H3,(H,17,18,20). The number of hydrogen-bond acceptors (Lipinski definition) is 4. The van der Waals surface area contributed by atoms with Crippen molar-refractivity contribution < 1.29 is 9.32 Å². The van der Waals surface area contributed by atoms with Crippen LogP contribution in [0.1, 0.15) is 17.7 Å². The van der Waals surface area contributed by atoms with E-state index in [-0.39, 0.29) is 5.91 Å². The smallest absolute Gasteiger partial charge is 0.226 e. The van der Waals surface area contributed by atoms with Gasteiger partial charge in [-0.15, -0.1) is 0 Å². The van der Waals surface area contributed by atoms with Crippen LogP contribution < -0.4 is 5.32 Å². The summed E-state index contributed by atoms with van der Waals surface area (Å²) in [7, 11) is 1.99. The lowest BCUT2D eigenvalue weighted by molar-refractivity contribution is -0.116. The summed E-state index contributed by atoms with van der Waals surface area (Å²) < 4.78 is 5.99. The summed E-state index contributed by atoms with van der Waals surface area (Å²) in [6.07, 6.45) is 0.410. The fourth-order valence-corrected chi connectivity index (χ4v) is 2.33. The number of aromatic nitrogens is 1. The van der Waals surface area contributed by atoms with Crippen molar-refractivity contribution in [1.82, 2.24) is 10.1 Å². The van der Waals surface area contributed by atoms with Crippen LogP contribution in [0.2, 0.25) is 0 Å². The van der Waals surface area contributed by atoms with Crippen molar-refractivity contribution in [3.05, 3.63) is 46.1 Å². The van der Waals surface area contributed by atoms with Crippen LogP contribution in [-0.2, 0) is 11.3 Å². The molecule has 1 heterocycles. The van der Waals surface area contributed by atoms with E-state index in [1.165, 1.54) is 5.56 Å². The number of nitrogens with zero attached hydrogens (tertiary/aromatic N) is 2. The van der Waals surface area contributed by atoms with E-state index in [4.69, 9.17) is 4.52 Å². The van der Waals surface area contributed by atoms with Gasteiger partial charge < -0.3 is 14.7 Å². The minimum Gasteiger partial charge on any atom is -0.360 e. The lowest BCUT2D eigenvalue weighted by atomic mass is 10.2. The molecular weight excluding hydrogens is 334 g/mol. The van der Waals surface area contributed by atoms with Gasteiger partial charge in [0, 0.05) is 30.0 Å². The van der Waals surface area contributed by atoms with Gasteiger partial charge in [-0.1, -0.05) is 39.3 Å². The summed E-state index contributed by atoms with van der Waals surface area (Å²) in [5, 5.41) is 6.45. The number of halogens is 1. The van der Waals surface area contributed by atoms with Gasteiger partial charge in [-0.25, -0.2) is 0 Å². The van der Waals surface area contributed by atoms with Crippen LogP contribution in [0, 0.1) is 6.92 Å². The summed E-state index contributed by atoms with van der Waals surface area (Å²) in [6, 6.07) is 9.78. The van der Waals surface area contributed by atoms with Crippen molar-refractivity contribution >= 4 is 27.7 Å². The minimum atomic E-state index is -0.0673. The molecule has 0 fully saturated rings. The zero-order valence-corrected chi connectivity index (χ0v) is 13.7. The summed E-state index contributed by atoms with van der Waals surface area (Å²) in [5.74, 6) is 1.07. The first kappa shape index (κ1) is 15.7. The van der Waals surface area contributed by atoms with Crippen molar-refractivity contribution in [2.45, 2.75) is 19.9 Å². The third-order valence-electron chi connectivity index (χ3n) is 3.01. The quantitative estimate of drug-likeness (QED) is 0.867. The number of anilines is 1. The number of carbonyl (C=O) groups is 1. The molecule has 0 aliphatic heterocycles. The number of hydrogen-bond donors (Lipinski definition) is 1. The van der Waals surface area contributed by atoms with E-state index in [0.717, 1.165) is 11.0 Å². The van der Waals surface area contributed by atoms with E-state index in [9.17, 15) is 4.79 Å². The van der Waals surface area contributed by atoms with Gasteiger partial charge in [-0.3, -0.25) is 4.79 Å². The van der Waals surface area contributed by atoms with Crippen LogP contribution >= 0.6 is 15.9 Å². The molecule has 5 nitrogen and oxygen atoms in total. The second kappa shape index (κ2) is 7.38. The van der Waals surface area contributed by atoms with Gasteiger partial charge in [-0.05, 0) is 25.6 Å². The normalized spacial score (nSPS) is 10.9. The highest BCUT2D eigenvalue weighted by Gasteiger charge is 2.09. The summed E-state index contributed by atoms with van der Waals surface area (Å²) in [6.45, 7) is 3.25. The second-order valence-electron chi connectivity index (χ2n) is 4.95. The average Bonchev–Trinajstić information content (AvgIpc) is 2.84. The number of amides is 1. The molecule has 0 spiro atoms. The van der Waals surface area contributed by atoms with Crippen LogP contribution in [-0.4, -0.2) is 29.6 Å². The molecule has 1 amide bonds. The fourth-order valence-electron chi connectivity index (χ4n) is 1.92. The van der Waals surface area contributed by atoms with Gasteiger partial charge in [-0.2, -0.15) is 0 Å². The van der Waals surface area contributed by atoms with Crippen LogP contribution in [0.3, 0.4) is 0 Å². The molecule has 0 saturated carbocycles. The molecule has 21 heavy (non-hydrogen) atoms. The molecule has 0 atom stereocenters. The van der Waals surface area contributed by atoms with Gasteiger partial charge in [0.15, 0.2) is 5.82 Å². The topological polar surface area (TPSA) is 58.4 Å². The molecule has 2 aromatic rings. The Morgan fingerprint density at radius 1 is 1.43 bits per heavy atom. The van der Waals surface area contributed by atoms with Crippen molar-refractivity contribution in [2.24, 2.45) is 0 Å². The van der Waals surface area contributed by atoms with Gasteiger partial charge in [0.25, 0.3) is 0 Å². The third-order valence-corrected chi connectivity index (χ3v) is 3.79. The molecule has 6 heteroatoms. The molecule has 0 aliphatic carbocycles. The summed E-state index contributed by atoms with van der Waals surface area (Å²) >= 11 is 3.53. The van der Waals surface area contributed by atoms with Gasteiger partial charge in [0.05, 0.1) is 0 Å². The SMILES string of the molecule is Cc1cc(NC(=O)CCN(C)Cc2ccccc2Br)no1. The first-order valence-corrected chi connectivity index (χ1v) is 7.49. The molecule has 2 rings (SSSR count). The molecule has 1 aromatic heterocycles. The van der Waals surface area contributed by atoms with E-state index < -0.39 is 0 Å². The minimum absolute atomic E-state index is 0.0673. The highest BCUT2D eigenvalue weighted by atomic mass is 79.9. The first-order chi connectivity index (χ1) is 10.0. The monoisotopic (exact) mass is 351 g/mol. The largest absolute Gasteiger partial charge is 0.360 e. The average molecular weight is 352 g/mol. The van der Waals surface area contributed by atoms with E-state index in [0.29, 0.717) is 24.5 Å². The molecule has 0 saturated heterocycles. The molecule has 1 aromatic carbocycles.